The third kappa shape index (κ3) is 3.31. The molecule has 0 saturated carbocycles. The monoisotopic (exact) mass is 418 g/mol. The first-order valence-corrected chi connectivity index (χ1v) is 9.96. The van der Waals surface area contributed by atoms with Gasteiger partial charge in [-0.1, -0.05) is 11.6 Å². The van der Waals surface area contributed by atoms with E-state index < -0.39 is 0 Å². The Morgan fingerprint density at radius 2 is 2.21 bits per heavy atom. The Balaban J connectivity index is 1.91. The van der Waals surface area contributed by atoms with Gasteiger partial charge in [0.25, 0.3) is 0 Å². The summed E-state index contributed by atoms with van der Waals surface area (Å²) in [5, 5.41) is 11.8. The quantitative estimate of drug-likeness (QED) is 0.631. The summed E-state index contributed by atoms with van der Waals surface area (Å²) >= 11 is 7.91. The SMILES string of the molecule is COc1cc2c(cc1-n1nc(NC(=O)N(C)C)c3cnc(Cl)cc31)SCCN2. The van der Waals surface area contributed by atoms with Crippen molar-refractivity contribution >= 4 is 51.8 Å². The summed E-state index contributed by atoms with van der Waals surface area (Å²) in [5.41, 5.74) is 2.52. The molecule has 3 heterocycles. The van der Waals surface area contributed by atoms with Crippen molar-refractivity contribution in [2.75, 3.05) is 44.1 Å². The summed E-state index contributed by atoms with van der Waals surface area (Å²) in [4.78, 5) is 18.9. The van der Waals surface area contributed by atoms with Crippen LogP contribution in [0.5, 0.6) is 5.75 Å². The van der Waals surface area contributed by atoms with Gasteiger partial charge in [-0.3, -0.25) is 5.32 Å². The van der Waals surface area contributed by atoms with E-state index in [-0.39, 0.29) is 6.03 Å². The van der Waals surface area contributed by atoms with Crippen LogP contribution in [0.25, 0.3) is 16.6 Å². The van der Waals surface area contributed by atoms with Gasteiger partial charge in [0.1, 0.15) is 16.6 Å². The Morgan fingerprint density at radius 1 is 1.39 bits per heavy atom. The summed E-state index contributed by atoms with van der Waals surface area (Å²) in [7, 11) is 4.96. The maximum atomic E-state index is 12.2. The third-order valence-corrected chi connectivity index (χ3v) is 5.61. The Kier molecular flexibility index (Phi) is 4.94. The fourth-order valence-electron chi connectivity index (χ4n) is 2.96. The summed E-state index contributed by atoms with van der Waals surface area (Å²) in [6.45, 7) is 0.910. The summed E-state index contributed by atoms with van der Waals surface area (Å²) in [5.74, 6) is 2.05. The Labute approximate surface area is 171 Å². The molecule has 10 heteroatoms. The first-order chi connectivity index (χ1) is 13.5. The zero-order valence-electron chi connectivity index (χ0n) is 15.6. The number of benzene rings is 1. The van der Waals surface area contributed by atoms with Gasteiger partial charge in [0.15, 0.2) is 5.82 Å². The van der Waals surface area contributed by atoms with Crippen LogP contribution >= 0.6 is 23.4 Å². The van der Waals surface area contributed by atoms with Crippen molar-refractivity contribution in [3.8, 4) is 11.4 Å². The summed E-state index contributed by atoms with van der Waals surface area (Å²) in [6, 6.07) is 5.44. The number of nitrogens with zero attached hydrogens (tertiary/aromatic N) is 4. The van der Waals surface area contributed by atoms with Gasteiger partial charge in [0.2, 0.25) is 0 Å². The van der Waals surface area contributed by atoms with Crippen molar-refractivity contribution in [3.05, 3.63) is 29.5 Å². The molecule has 0 saturated heterocycles. The van der Waals surface area contributed by atoms with E-state index in [4.69, 9.17) is 16.3 Å². The minimum Gasteiger partial charge on any atom is -0.494 e. The Bertz CT molecular complexity index is 1070. The molecule has 0 bridgehead atoms. The lowest BCUT2D eigenvalue weighted by Crippen LogP contribution is -2.27. The molecule has 0 radical (unpaired) electrons. The van der Waals surface area contributed by atoms with Gasteiger partial charge < -0.3 is 15.0 Å². The van der Waals surface area contributed by atoms with Gasteiger partial charge in [-0.2, -0.15) is 0 Å². The first kappa shape index (κ1) is 18.7. The number of amides is 2. The molecule has 3 aromatic rings. The molecular weight excluding hydrogens is 400 g/mol. The van der Waals surface area contributed by atoms with Gasteiger partial charge in [0, 0.05) is 49.6 Å². The minimum atomic E-state index is -0.279. The molecule has 0 fully saturated rings. The van der Waals surface area contributed by atoms with Crippen LogP contribution in [-0.4, -0.2) is 59.2 Å². The van der Waals surface area contributed by atoms with Crippen molar-refractivity contribution in [2.45, 2.75) is 4.90 Å². The molecule has 2 aromatic heterocycles. The highest BCUT2D eigenvalue weighted by atomic mass is 35.5. The maximum Gasteiger partial charge on any atom is 0.322 e. The highest BCUT2D eigenvalue weighted by molar-refractivity contribution is 7.99. The first-order valence-electron chi connectivity index (χ1n) is 8.59. The highest BCUT2D eigenvalue weighted by Gasteiger charge is 2.21. The van der Waals surface area contributed by atoms with E-state index in [1.54, 1.807) is 49.9 Å². The minimum absolute atomic E-state index is 0.279. The largest absolute Gasteiger partial charge is 0.494 e. The van der Waals surface area contributed by atoms with Crippen molar-refractivity contribution in [1.82, 2.24) is 19.7 Å². The van der Waals surface area contributed by atoms with E-state index in [0.717, 1.165) is 34.1 Å². The van der Waals surface area contributed by atoms with E-state index in [9.17, 15) is 4.79 Å². The lowest BCUT2D eigenvalue weighted by molar-refractivity contribution is 0.230. The van der Waals surface area contributed by atoms with E-state index in [1.807, 2.05) is 12.1 Å². The van der Waals surface area contributed by atoms with Crippen LogP contribution in [0.1, 0.15) is 0 Å². The molecule has 0 unspecified atom stereocenters. The predicted octanol–water partition coefficient (Wildman–Crippen LogP) is 3.69. The van der Waals surface area contributed by atoms with Crippen LogP contribution in [0.2, 0.25) is 5.15 Å². The molecule has 0 spiro atoms. The number of rotatable bonds is 3. The number of carbonyl (C=O) groups excluding carboxylic acids is 1. The molecule has 0 atom stereocenters. The average molecular weight is 419 g/mol. The second-order valence-electron chi connectivity index (χ2n) is 6.40. The molecule has 0 aliphatic carbocycles. The van der Waals surface area contributed by atoms with Gasteiger partial charge >= 0.3 is 6.03 Å². The molecule has 4 rings (SSSR count). The van der Waals surface area contributed by atoms with Crippen LogP contribution in [0, 0.1) is 0 Å². The van der Waals surface area contributed by atoms with Gasteiger partial charge in [0.05, 0.1) is 23.7 Å². The number of halogens is 1. The number of nitrogens with one attached hydrogen (secondary N) is 2. The van der Waals surface area contributed by atoms with Crippen molar-refractivity contribution < 1.29 is 9.53 Å². The number of ether oxygens (including phenoxy) is 1. The van der Waals surface area contributed by atoms with Crippen LogP contribution in [0.15, 0.2) is 29.3 Å². The summed E-state index contributed by atoms with van der Waals surface area (Å²) in [6.07, 6.45) is 1.60. The Hall–Kier alpha value is -2.65. The molecule has 2 N–H and O–H groups in total. The number of hydrogen-bond donors (Lipinski definition) is 2. The smallest absolute Gasteiger partial charge is 0.322 e. The Morgan fingerprint density at radius 3 is 2.96 bits per heavy atom. The molecule has 146 valence electrons. The van der Waals surface area contributed by atoms with E-state index in [2.05, 4.69) is 20.7 Å². The number of urea groups is 1. The third-order valence-electron chi connectivity index (χ3n) is 4.35. The number of aromatic nitrogens is 3. The van der Waals surface area contributed by atoms with Gasteiger partial charge in [-0.05, 0) is 6.07 Å². The fourth-order valence-corrected chi connectivity index (χ4v) is 4.01. The van der Waals surface area contributed by atoms with E-state index in [0.29, 0.717) is 22.1 Å². The standard InChI is InChI=1S/C18H19ClN6O2S/c1-24(2)18(26)22-17-10-9-21-16(19)8-12(10)25(23-17)13-7-15-11(6-14(13)27-3)20-4-5-28-15/h6-9,20H,4-5H2,1-3H3,(H,22,23,26). The molecule has 1 aliphatic heterocycles. The number of carbonyl (C=O) groups is 1. The van der Waals surface area contributed by atoms with Crippen LogP contribution in [0.3, 0.4) is 0 Å². The maximum absolute atomic E-state index is 12.2. The number of methoxy groups -OCH3 is 1. The van der Waals surface area contributed by atoms with Crippen LogP contribution in [-0.2, 0) is 0 Å². The number of fused-ring (bicyclic) bond motifs is 2. The van der Waals surface area contributed by atoms with E-state index in [1.165, 1.54) is 4.90 Å². The van der Waals surface area contributed by atoms with Crippen LogP contribution < -0.4 is 15.4 Å². The zero-order valence-corrected chi connectivity index (χ0v) is 17.2. The molecule has 1 aromatic carbocycles. The molecular formula is C18H19ClN6O2S. The van der Waals surface area contributed by atoms with Crippen LogP contribution in [0.4, 0.5) is 16.3 Å². The molecule has 2 amide bonds. The normalized spacial score (nSPS) is 13.0. The van der Waals surface area contributed by atoms with Gasteiger partial charge in [-0.15, -0.1) is 16.9 Å². The number of pyridine rings is 1. The van der Waals surface area contributed by atoms with Crippen molar-refractivity contribution in [2.24, 2.45) is 0 Å². The van der Waals surface area contributed by atoms with E-state index >= 15 is 0 Å². The van der Waals surface area contributed by atoms with Gasteiger partial charge in [-0.25, -0.2) is 14.5 Å². The van der Waals surface area contributed by atoms with Crippen molar-refractivity contribution in [3.63, 3.8) is 0 Å². The van der Waals surface area contributed by atoms with Crippen molar-refractivity contribution in [1.29, 1.82) is 0 Å². The topological polar surface area (TPSA) is 84.3 Å². The lowest BCUT2D eigenvalue weighted by Gasteiger charge is -2.20. The number of hydrogen-bond acceptors (Lipinski definition) is 6. The second kappa shape index (κ2) is 7.40. The number of anilines is 2. The lowest BCUT2D eigenvalue weighted by atomic mass is 10.2. The fraction of sp³-hybridized carbons (Fsp3) is 0.278. The molecule has 28 heavy (non-hydrogen) atoms. The summed E-state index contributed by atoms with van der Waals surface area (Å²) < 4.78 is 7.34. The highest BCUT2D eigenvalue weighted by Crippen LogP contribution is 2.39. The average Bonchev–Trinajstić information content (AvgIpc) is 3.04. The molecule has 8 nitrogen and oxygen atoms in total. The molecule has 1 aliphatic rings. The second-order valence-corrected chi connectivity index (χ2v) is 7.93. The predicted molar refractivity (Wildman–Crippen MR) is 112 cm³/mol. The number of thioether (sulfide) groups is 1. The zero-order chi connectivity index (χ0) is 19.8.